The lowest BCUT2D eigenvalue weighted by molar-refractivity contribution is -0.171. The number of fused-ring (bicyclic) bond motifs is 9. The maximum absolute atomic E-state index is 12.1. The zero-order valence-electron chi connectivity index (χ0n) is 16.1. The fraction of sp³-hybridized carbons (Fsp3) is 0.667. The summed E-state index contributed by atoms with van der Waals surface area (Å²) in [6.45, 7) is 6.71. The Morgan fingerprint density at radius 2 is 2.07 bits per heavy atom. The lowest BCUT2D eigenvalue weighted by atomic mass is 9.47. The van der Waals surface area contributed by atoms with Crippen molar-refractivity contribution in [1.29, 1.82) is 0 Å². The van der Waals surface area contributed by atoms with E-state index in [-0.39, 0.29) is 22.8 Å². The number of carbonyl (C=O) groups is 2. The van der Waals surface area contributed by atoms with Crippen LogP contribution in [-0.4, -0.2) is 17.4 Å². The molecule has 142 valence electrons. The van der Waals surface area contributed by atoms with Gasteiger partial charge >= 0.3 is 5.97 Å². The minimum atomic E-state index is -0.334. The summed E-state index contributed by atoms with van der Waals surface area (Å²) in [5.74, 6) is 3.86. The highest BCUT2D eigenvalue weighted by Gasteiger charge is 2.78. The van der Waals surface area contributed by atoms with Gasteiger partial charge in [0.15, 0.2) is 5.78 Å². The predicted octanol–water partition coefficient (Wildman–Crippen LogP) is 4.39. The molecule has 1 heterocycles. The summed E-state index contributed by atoms with van der Waals surface area (Å²) in [4.78, 5) is 24.1. The topological polar surface area (TPSA) is 43.4 Å². The fourth-order valence-electron chi connectivity index (χ4n) is 8.52. The summed E-state index contributed by atoms with van der Waals surface area (Å²) >= 11 is 0. The molecule has 3 nitrogen and oxygen atoms in total. The molecule has 0 bridgehead atoms. The average molecular weight is 364 g/mol. The van der Waals surface area contributed by atoms with Crippen molar-refractivity contribution < 1.29 is 14.3 Å². The smallest absolute Gasteiger partial charge is 0.331 e. The molecule has 6 aliphatic rings. The Morgan fingerprint density at radius 3 is 2.81 bits per heavy atom. The van der Waals surface area contributed by atoms with Crippen molar-refractivity contribution in [2.45, 2.75) is 57.5 Å². The van der Waals surface area contributed by atoms with E-state index in [1.807, 2.05) is 6.08 Å². The Hall–Kier alpha value is -1.64. The molecule has 0 N–H and O–H groups in total. The number of rotatable bonds is 1. The Labute approximate surface area is 160 Å². The summed E-state index contributed by atoms with van der Waals surface area (Å²) in [7, 11) is 0. The Morgan fingerprint density at radius 1 is 1.22 bits per heavy atom. The molecule has 0 aromatic carbocycles. The van der Waals surface area contributed by atoms with E-state index in [1.165, 1.54) is 24.0 Å². The van der Waals surface area contributed by atoms with Crippen LogP contribution >= 0.6 is 0 Å². The highest BCUT2D eigenvalue weighted by molar-refractivity contribution is 5.92. The molecule has 0 saturated heterocycles. The van der Waals surface area contributed by atoms with Gasteiger partial charge in [0.2, 0.25) is 0 Å². The van der Waals surface area contributed by atoms with Crippen molar-refractivity contribution in [3.63, 3.8) is 0 Å². The minimum absolute atomic E-state index is 0.108. The van der Waals surface area contributed by atoms with Gasteiger partial charge in [0.25, 0.3) is 0 Å². The maximum atomic E-state index is 12.1. The number of esters is 1. The van der Waals surface area contributed by atoms with Crippen LogP contribution < -0.4 is 0 Å². The van der Waals surface area contributed by atoms with E-state index in [0.717, 1.165) is 25.7 Å². The molecule has 1 spiro atoms. The first-order chi connectivity index (χ1) is 13.0. The van der Waals surface area contributed by atoms with E-state index >= 15 is 0 Å². The number of carbonyl (C=O) groups excluding carboxylic acids is 2. The quantitative estimate of drug-likeness (QED) is 0.648. The molecule has 8 atom stereocenters. The second-order valence-corrected chi connectivity index (χ2v) is 9.97. The zero-order valence-corrected chi connectivity index (χ0v) is 16.1. The van der Waals surface area contributed by atoms with Crippen LogP contribution in [-0.2, 0) is 14.3 Å². The van der Waals surface area contributed by atoms with E-state index in [4.69, 9.17) is 4.74 Å². The third-order valence-corrected chi connectivity index (χ3v) is 9.40. The van der Waals surface area contributed by atoms with Crippen molar-refractivity contribution >= 4 is 11.8 Å². The van der Waals surface area contributed by atoms with E-state index in [2.05, 4.69) is 19.6 Å². The van der Waals surface area contributed by atoms with Gasteiger partial charge in [-0.15, -0.1) is 0 Å². The molecule has 5 aliphatic carbocycles. The molecule has 3 heteroatoms. The molecule has 0 amide bonds. The van der Waals surface area contributed by atoms with Gasteiger partial charge in [0.05, 0.1) is 0 Å². The lowest BCUT2D eigenvalue weighted by Crippen LogP contribution is -2.56. The Kier molecular flexibility index (Phi) is 3.05. The van der Waals surface area contributed by atoms with Crippen molar-refractivity contribution in [2.75, 3.05) is 0 Å². The van der Waals surface area contributed by atoms with Gasteiger partial charge in [0, 0.05) is 23.8 Å². The lowest BCUT2D eigenvalue weighted by Gasteiger charge is -2.58. The highest BCUT2D eigenvalue weighted by Crippen LogP contribution is 2.78. The summed E-state index contributed by atoms with van der Waals surface area (Å²) in [5, 5.41) is 0. The summed E-state index contributed by atoms with van der Waals surface area (Å²) in [6, 6.07) is 0. The molecular weight excluding hydrogens is 336 g/mol. The first kappa shape index (κ1) is 16.3. The van der Waals surface area contributed by atoms with Crippen LogP contribution in [0.4, 0.5) is 0 Å². The fourth-order valence-corrected chi connectivity index (χ4v) is 8.52. The average Bonchev–Trinajstić information content (AvgIpc) is 3.30. The maximum Gasteiger partial charge on any atom is 0.331 e. The highest BCUT2D eigenvalue weighted by atomic mass is 16.6. The second kappa shape index (κ2) is 5.04. The number of ether oxygens (including phenoxy) is 1. The number of hydrogen-bond donors (Lipinski definition) is 0. The van der Waals surface area contributed by atoms with Crippen LogP contribution in [0.25, 0.3) is 0 Å². The van der Waals surface area contributed by atoms with Crippen molar-refractivity contribution in [3.05, 3.63) is 36.0 Å². The number of hydrogen-bond acceptors (Lipinski definition) is 3. The van der Waals surface area contributed by atoms with Crippen LogP contribution in [0, 0.1) is 40.9 Å². The standard InChI is InChI=1S/C24H28O3/c1-3-23-8-6-16-15-5-4-14(25)11-17(15)13(2)10-18(16)22(23)19-12-20(19)24(23)9-7-21(26)27-24/h7,9,11,15-16,18-20,22H,2-6,8,10,12H2,1H3/t15-,16?,18?,19+,20-,22?,23+,24+/m1/s1. The van der Waals surface area contributed by atoms with Crippen LogP contribution in [0.1, 0.15) is 51.9 Å². The van der Waals surface area contributed by atoms with E-state index in [9.17, 15) is 9.59 Å². The van der Waals surface area contributed by atoms with Gasteiger partial charge in [0.1, 0.15) is 5.60 Å². The molecule has 0 aromatic heterocycles. The third-order valence-electron chi connectivity index (χ3n) is 9.40. The molecule has 0 radical (unpaired) electrons. The van der Waals surface area contributed by atoms with Gasteiger partial charge in [-0.25, -0.2) is 4.79 Å². The van der Waals surface area contributed by atoms with Gasteiger partial charge in [-0.1, -0.05) is 19.1 Å². The molecule has 4 saturated carbocycles. The van der Waals surface area contributed by atoms with E-state index in [0.29, 0.717) is 41.9 Å². The third kappa shape index (κ3) is 1.80. The molecule has 3 unspecified atom stereocenters. The predicted molar refractivity (Wildman–Crippen MR) is 102 cm³/mol. The van der Waals surface area contributed by atoms with Gasteiger partial charge < -0.3 is 4.74 Å². The first-order valence-electron chi connectivity index (χ1n) is 10.9. The molecule has 0 aromatic rings. The van der Waals surface area contributed by atoms with Gasteiger partial charge in [-0.2, -0.15) is 0 Å². The van der Waals surface area contributed by atoms with Crippen LogP contribution in [0.5, 0.6) is 0 Å². The van der Waals surface area contributed by atoms with Crippen molar-refractivity contribution in [2.24, 2.45) is 40.9 Å². The van der Waals surface area contributed by atoms with E-state index in [1.54, 1.807) is 6.08 Å². The van der Waals surface area contributed by atoms with Crippen LogP contribution in [0.15, 0.2) is 36.0 Å². The van der Waals surface area contributed by atoms with Gasteiger partial charge in [-0.05, 0) is 85.8 Å². The monoisotopic (exact) mass is 364 g/mol. The normalized spacial score (nSPS) is 52.0. The van der Waals surface area contributed by atoms with Crippen molar-refractivity contribution in [3.8, 4) is 0 Å². The van der Waals surface area contributed by atoms with Crippen molar-refractivity contribution in [1.82, 2.24) is 0 Å². The molecule has 1 aliphatic heterocycles. The Bertz CT molecular complexity index is 835. The van der Waals surface area contributed by atoms with Gasteiger partial charge in [-0.3, -0.25) is 4.79 Å². The first-order valence-corrected chi connectivity index (χ1v) is 10.9. The summed E-state index contributed by atoms with van der Waals surface area (Å²) in [6.07, 6.45) is 13.1. The molecular formula is C24H28O3. The molecule has 6 rings (SSSR count). The van der Waals surface area contributed by atoms with Crippen LogP contribution in [0.3, 0.4) is 0 Å². The number of ketones is 1. The SMILES string of the molecule is C=C1CC2C(CC[C@@]3(CC)C2[C@H]2C[C@H]2[C@@]32C=CC(=O)O2)[C@H]2CCC(=O)C=C12. The molecule has 27 heavy (non-hydrogen) atoms. The van der Waals surface area contributed by atoms with E-state index < -0.39 is 0 Å². The Balaban J connectivity index is 1.43. The summed E-state index contributed by atoms with van der Waals surface area (Å²) in [5.41, 5.74) is 2.25. The summed E-state index contributed by atoms with van der Waals surface area (Å²) < 4.78 is 6.13. The minimum Gasteiger partial charge on any atom is -0.451 e. The number of allylic oxidation sites excluding steroid dienone is 2. The largest absolute Gasteiger partial charge is 0.451 e. The zero-order chi connectivity index (χ0) is 18.6. The second-order valence-electron chi connectivity index (χ2n) is 9.97. The van der Waals surface area contributed by atoms with Crippen LogP contribution in [0.2, 0.25) is 0 Å². The molecule has 4 fully saturated rings.